The molecular formula is C96H65BF6N4. The van der Waals surface area contributed by atoms with Gasteiger partial charge in [-0.1, -0.05) is 276 Å². The fourth-order valence-corrected chi connectivity index (χ4v) is 16.9. The van der Waals surface area contributed by atoms with Crippen LogP contribution in [0.1, 0.15) is 37.5 Å². The molecule has 0 saturated carbocycles. The number of aromatic nitrogens is 2. The van der Waals surface area contributed by atoms with E-state index in [1.54, 1.807) is 0 Å². The molecule has 0 amide bonds. The Kier molecular flexibility index (Phi) is 15.1. The quantitative estimate of drug-likeness (QED) is 0.100. The van der Waals surface area contributed by atoms with Gasteiger partial charge in [0.2, 0.25) is 0 Å². The van der Waals surface area contributed by atoms with Gasteiger partial charge in [0.15, 0.2) is 0 Å². The highest BCUT2D eigenvalue weighted by atomic mass is 19.4. The van der Waals surface area contributed by atoms with Crippen molar-refractivity contribution in [1.82, 2.24) is 9.13 Å². The van der Waals surface area contributed by atoms with E-state index in [1.165, 1.54) is 24.3 Å². The molecule has 0 spiro atoms. The number of anilines is 6. The van der Waals surface area contributed by atoms with Crippen molar-refractivity contribution in [3.63, 3.8) is 0 Å². The van der Waals surface area contributed by atoms with Gasteiger partial charge in [-0.05, 0) is 157 Å². The summed E-state index contributed by atoms with van der Waals surface area (Å²) in [7, 11) is 0. The Morgan fingerprint density at radius 1 is 0.243 bits per heavy atom. The standard InChI is InChI=1S/C96H65BF6N4/c1-94(2,3)66-54-85-91-86(55-66)107(93-79(64-38-18-8-19-39-64)52-68(96(101,102)103)53-80(93)65-40-20-9-21-41-65)88-59-70(105-83-48-28-24-44-73(83)74-45-25-29-49-84(74)105)57-76(61-32-12-5-13-33-61)90(88)97(91)89-75(60-30-10-4-11-31-60)56-69(104-81-46-26-22-42-71(81)72-43-23-27-47-82(72)104)58-87(89)106(85)92-77(62-34-14-6-15-35-62)50-67(95(98,99)100)51-78(92)63-36-16-7-17-37-63/h4-59H,1-3H3. The van der Waals surface area contributed by atoms with Crippen LogP contribution in [0, 0.1) is 0 Å². The van der Waals surface area contributed by atoms with Gasteiger partial charge in [0.1, 0.15) is 0 Å². The van der Waals surface area contributed by atoms with Crippen molar-refractivity contribution in [3.05, 3.63) is 356 Å². The molecular weight excluding hydrogens is 1330 g/mol. The number of para-hydroxylation sites is 4. The average Bonchev–Trinajstić information content (AvgIpc) is 0.889. The zero-order valence-electron chi connectivity index (χ0n) is 58.5. The van der Waals surface area contributed by atoms with E-state index in [4.69, 9.17) is 0 Å². The summed E-state index contributed by atoms with van der Waals surface area (Å²) in [6, 6.07) is 111. The van der Waals surface area contributed by atoms with E-state index in [0.717, 1.165) is 99.2 Å². The number of fused-ring (bicyclic) bond motifs is 10. The highest BCUT2D eigenvalue weighted by molar-refractivity contribution is 7.02. The van der Waals surface area contributed by atoms with Crippen LogP contribution in [-0.4, -0.2) is 15.8 Å². The van der Waals surface area contributed by atoms with Crippen molar-refractivity contribution in [3.8, 4) is 78.1 Å². The lowest BCUT2D eigenvalue weighted by atomic mass is 9.31. The van der Waals surface area contributed by atoms with Crippen molar-refractivity contribution in [2.45, 2.75) is 38.5 Å². The van der Waals surface area contributed by atoms with Crippen LogP contribution < -0.4 is 26.2 Å². The predicted octanol–water partition coefficient (Wildman–Crippen LogP) is 25.3. The van der Waals surface area contributed by atoms with Crippen molar-refractivity contribution in [1.29, 1.82) is 0 Å². The van der Waals surface area contributed by atoms with E-state index >= 15 is 26.3 Å². The molecule has 2 aliphatic rings. The molecule has 0 fully saturated rings. The average molecular weight is 1400 g/mol. The molecule has 0 aliphatic carbocycles. The van der Waals surface area contributed by atoms with Crippen LogP contribution in [0.5, 0.6) is 0 Å². The van der Waals surface area contributed by atoms with E-state index in [-0.39, 0.29) is 0 Å². The van der Waals surface area contributed by atoms with Crippen LogP contribution in [-0.2, 0) is 17.8 Å². The maximum absolute atomic E-state index is 16.4. The molecule has 0 N–H and O–H groups in total. The molecule has 514 valence electrons. The van der Waals surface area contributed by atoms with Crippen molar-refractivity contribution >= 4 is 101 Å². The maximum Gasteiger partial charge on any atom is 0.416 e. The summed E-state index contributed by atoms with van der Waals surface area (Å²) in [6.45, 7) is 5.74. The Balaban J connectivity index is 1.08. The molecule has 0 radical (unpaired) electrons. The van der Waals surface area contributed by atoms with Gasteiger partial charge in [-0.25, -0.2) is 0 Å². The molecule has 17 aromatic rings. The number of halogens is 6. The van der Waals surface area contributed by atoms with E-state index in [1.807, 2.05) is 158 Å². The Bertz CT molecular complexity index is 5780. The van der Waals surface area contributed by atoms with E-state index < -0.39 is 35.6 Å². The molecule has 0 unspecified atom stereocenters. The zero-order chi connectivity index (χ0) is 72.6. The van der Waals surface area contributed by atoms with Crippen molar-refractivity contribution in [2.75, 3.05) is 9.80 Å². The predicted molar refractivity (Wildman–Crippen MR) is 430 cm³/mol. The lowest BCUT2D eigenvalue weighted by Gasteiger charge is -2.48. The normalized spacial score (nSPS) is 12.9. The first-order valence-corrected chi connectivity index (χ1v) is 36.0. The van der Waals surface area contributed by atoms with Gasteiger partial charge >= 0.3 is 12.4 Å². The second-order valence-corrected chi connectivity index (χ2v) is 28.9. The van der Waals surface area contributed by atoms with Crippen LogP contribution >= 0.6 is 0 Å². The molecule has 0 atom stereocenters. The summed E-state index contributed by atoms with van der Waals surface area (Å²) in [5.41, 5.74) is 17.3. The Morgan fingerprint density at radius 2 is 0.486 bits per heavy atom. The fraction of sp³-hybridized carbons (Fsp3) is 0.0625. The van der Waals surface area contributed by atoms with Crippen LogP contribution in [0.3, 0.4) is 0 Å². The summed E-state index contributed by atoms with van der Waals surface area (Å²) < 4.78 is 103. The summed E-state index contributed by atoms with van der Waals surface area (Å²) in [5, 5.41) is 4.19. The minimum absolute atomic E-state index is 0.330. The Labute approximate surface area is 615 Å². The van der Waals surface area contributed by atoms with E-state index in [9.17, 15) is 0 Å². The van der Waals surface area contributed by atoms with Gasteiger partial charge in [-0.3, -0.25) is 0 Å². The molecule has 4 nitrogen and oxygen atoms in total. The molecule has 11 heteroatoms. The topological polar surface area (TPSA) is 16.3 Å². The molecule has 4 heterocycles. The summed E-state index contributed by atoms with van der Waals surface area (Å²) >= 11 is 0. The van der Waals surface area contributed by atoms with Crippen molar-refractivity contribution < 1.29 is 26.3 Å². The van der Waals surface area contributed by atoms with Crippen molar-refractivity contribution in [2.24, 2.45) is 0 Å². The summed E-state index contributed by atoms with van der Waals surface area (Å²) in [6.07, 6.45) is -9.59. The number of alkyl halides is 6. The number of nitrogens with zero attached hydrogens (tertiary/aromatic N) is 4. The minimum Gasteiger partial charge on any atom is -0.310 e. The third kappa shape index (κ3) is 10.7. The largest absolute Gasteiger partial charge is 0.416 e. The van der Waals surface area contributed by atoms with E-state index in [2.05, 4.69) is 197 Å². The van der Waals surface area contributed by atoms with Gasteiger partial charge in [0, 0.05) is 77.9 Å². The van der Waals surface area contributed by atoms with Crippen LogP contribution in [0.2, 0.25) is 0 Å². The van der Waals surface area contributed by atoms with Gasteiger partial charge in [-0.2, -0.15) is 26.3 Å². The third-order valence-corrected chi connectivity index (χ3v) is 21.6. The highest BCUT2D eigenvalue weighted by Gasteiger charge is 2.50. The molecule has 19 rings (SSSR count). The molecule has 2 aliphatic heterocycles. The van der Waals surface area contributed by atoms with E-state index in [0.29, 0.717) is 78.6 Å². The molecule has 2 aromatic heterocycles. The SMILES string of the molecule is CC(C)(C)c1cc2c3c(c1)N(c1c(-c4ccccc4)cc(C(F)(F)F)cc1-c1ccccc1)c1cc(-n4c5ccccc5c5ccccc54)cc(-c4ccccc4)c1B3c1c(-c3ccccc3)cc(-n3c4ccccc4c4ccccc43)cc1N2c1c(-c2ccccc2)cc(C(F)(F)F)cc1-c1ccccc1. The first kappa shape index (κ1) is 64.9. The number of rotatable bonds is 10. The lowest BCUT2D eigenvalue weighted by molar-refractivity contribution is -0.138. The number of hydrogen-bond acceptors (Lipinski definition) is 2. The highest BCUT2D eigenvalue weighted by Crippen LogP contribution is 2.57. The zero-order valence-corrected chi connectivity index (χ0v) is 58.5. The molecule has 15 aromatic carbocycles. The second kappa shape index (κ2) is 24.9. The summed E-state index contributed by atoms with van der Waals surface area (Å²) in [4.78, 5) is 4.52. The monoisotopic (exact) mass is 1400 g/mol. The third-order valence-electron chi connectivity index (χ3n) is 21.6. The minimum atomic E-state index is -4.79. The van der Waals surface area contributed by atoms with Gasteiger partial charge in [0.05, 0.1) is 44.6 Å². The lowest BCUT2D eigenvalue weighted by Crippen LogP contribution is -2.62. The van der Waals surface area contributed by atoms with Crippen LogP contribution in [0.4, 0.5) is 60.5 Å². The number of hydrogen-bond donors (Lipinski definition) is 0. The molecule has 0 saturated heterocycles. The summed E-state index contributed by atoms with van der Waals surface area (Å²) in [5.74, 6) is 0. The van der Waals surface area contributed by atoms with Gasteiger partial charge in [-0.15, -0.1) is 0 Å². The van der Waals surface area contributed by atoms with Gasteiger partial charge in [0.25, 0.3) is 6.71 Å². The Morgan fingerprint density at radius 3 is 0.748 bits per heavy atom. The van der Waals surface area contributed by atoms with Gasteiger partial charge < -0.3 is 18.9 Å². The van der Waals surface area contributed by atoms with Crippen LogP contribution in [0.15, 0.2) is 340 Å². The Hall–Kier alpha value is -12.9. The smallest absolute Gasteiger partial charge is 0.310 e. The fourth-order valence-electron chi connectivity index (χ4n) is 16.9. The maximum atomic E-state index is 16.4. The first-order valence-electron chi connectivity index (χ1n) is 36.0. The molecule has 0 bridgehead atoms. The molecule has 107 heavy (non-hydrogen) atoms. The van der Waals surface area contributed by atoms with Crippen LogP contribution in [0.25, 0.3) is 122 Å². The number of benzene rings is 15. The first-order chi connectivity index (χ1) is 52.0. The second-order valence-electron chi connectivity index (χ2n) is 28.9.